The molecule has 3 amide bonds. The summed E-state index contributed by atoms with van der Waals surface area (Å²) in [6, 6.07) is -3.29. The Hall–Kier alpha value is -2.34. The predicted molar refractivity (Wildman–Crippen MR) is 88.9 cm³/mol. The molecule has 3 atom stereocenters. The van der Waals surface area contributed by atoms with Crippen LogP contribution < -0.4 is 21.7 Å². The molecule has 0 aromatic carbocycles. The Morgan fingerprint density at radius 1 is 0.960 bits per heavy atom. The first-order valence-corrected chi connectivity index (χ1v) is 7.90. The van der Waals surface area contributed by atoms with Gasteiger partial charge in [0.25, 0.3) is 0 Å². The van der Waals surface area contributed by atoms with Gasteiger partial charge >= 0.3 is 11.9 Å². The second kappa shape index (κ2) is 11.3. The molecular weight excluding hydrogens is 356 g/mol. The van der Waals surface area contributed by atoms with Gasteiger partial charge in [-0.15, -0.1) is 0 Å². The summed E-state index contributed by atoms with van der Waals surface area (Å²) in [7, 11) is 0. The average Bonchev–Trinajstić information content (AvgIpc) is 2.53. The van der Waals surface area contributed by atoms with E-state index in [2.05, 4.69) is 28.6 Å². The molecule has 12 heteroatoms. The minimum absolute atomic E-state index is 0.135. The molecule has 0 radical (unpaired) electrons. The molecule has 0 aromatic rings. The van der Waals surface area contributed by atoms with Gasteiger partial charge in [0, 0.05) is 12.2 Å². The normalized spacial score (nSPS) is 13.9. The number of nitrogens with two attached hydrogens (primary N) is 1. The number of carboxylic acids is 2. The fourth-order valence-corrected chi connectivity index (χ4v) is 1.85. The van der Waals surface area contributed by atoms with Crippen molar-refractivity contribution in [2.45, 2.75) is 37.9 Å². The number of carbonyl (C=O) groups is 5. The highest BCUT2D eigenvalue weighted by atomic mass is 32.1. The first-order chi connectivity index (χ1) is 11.6. The number of hydrogen-bond donors (Lipinski definition) is 7. The highest BCUT2D eigenvalue weighted by Crippen LogP contribution is 2.01. The van der Waals surface area contributed by atoms with Crippen molar-refractivity contribution in [2.24, 2.45) is 5.73 Å². The van der Waals surface area contributed by atoms with Gasteiger partial charge in [0.1, 0.15) is 18.6 Å². The summed E-state index contributed by atoms with van der Waals surface area (Å²) in [6.45, 7) is 0.750. The second-order valence-corrected chi connectivity index (χ2v) is 5.50. The number of amides is 3. The maximum atomic E-state index is 12.2. The van der Waals surface area contributed by atoms with Crippen LogP contribution in [-0.4, -0.2) is 70.3 Å². The number of rotatable bonds is 11. The van der Waals surface area contributed by atoms with E-state index < -0.39 is 60.8 Å². The van der Waals surface area contributed by atoms with Gasteiger partial charge in [-0.05, 0) is 13.3 Å². The quantitative estimate of drug-likeness (QED) is 0.189. The van der Waals surface area contributed by atoms with E-state index in [9.17, 15) is 24.0 Å². The Morgan fingerprint density at radius 3 is 1.96 bits per heavy atom. The zero-order chi connectivity index (χ0) is 19.6. The van der Waals surface area contributed by atoms with Crippen molar-refractivity contribution < 1.29 is 34.2 Å². The zero-order valence-corrected chi connectivity index (χ0v) is 14.4. The van der Waals surface area contributed by atoms with Gasteiger partial charge in [-0.2, -0.15) is 12.6 Å². The number of nitrogens with one attached hydrogen (secondary N) is 3. The highest BCUT2D eigenvalue weighted by molar-refractivity contribution is 7.80. The lowest BCUT2D eigenvalue weighted by atomic mass is 10.1. The summed E-state index contributed by atoms with van der Waals surface area (Å²) in [5, 5.41) is 23.9. The maximum Gasteiger partial charge on any atom is 0.322 e. The minimum atomic E-state index is -1.26. The molecule has 142 valence electrons. The van der Waals surface area contributed by atoms with Gasteiger partial charge in [0.15, 0.2) is 0 Å². The number of hydrogen-bond acceptors (Lipinski definition) is 7. The molecular formula is C13H22N4O7S. The van der Waals surface area contributed by atoms with E-state index in [0.29, 0.717) is 0 Å². The van der Waals surface area contributed by atoms with Crippen molar-refractivity contribution in [3.05, 3.63) is 0 Å². The van der Waals surface area contributed by atoms with E-state index in [-0.39, 0.29) is 12.2 Å². The molecule has 0 rings (SSSR count). The molecule has 0 aromatic heterocycles. The molecule has 0 spiro atoms. The van der Waals surface area contributed by atoms with Crippen LogP contribution in [0.15, 0.2) is 0 Å². The molecule has 0 bridgehead atoms. The van der Waals surface area contributed by atoms with Crippen molar-refractivity contribution in [1.29, 1.82) is 0 Å². The summed E-state index contributed by atoms with van der Waals surface area (Å²) in [6.07, 6.45) is -0.607. The van der Waals surface area contributed by atoms with E-state index in [1.807, 2.05) is 0 Å². The van der Waals surface area contributed by atoms with Crippen LogP contribution in [0, 0.1) is 0 Å². The molecule has 0 saturated heterocycles. The molecule has 3 unspecified atom stereocenters. The van der Waals surface area contributed by atoms with Crippen LogP contribution >= 0.6 is 12.6 Å². The standard InChI is InChI=1S/C13H22N4O7S/c1-6(14)11(22)16-7(2-3-9(18)19)13(24)17-8(5-25)12(23)15-4-10(20)21/h6-8,25H,2-5,14H2,1H3,(H,15,23)(H,16,22)(H,17,24)(H,18,19)(H,20,21). The van der Waals surface area contributed by atoms with Crippen LogP contribution in [0.2, 0.25) is 0 Å². The zero-order valence-electron chi connectivity index (χ0n) is 13.5. The molecule has 0 aliphatic heterocycles. The fraction of sp³-hybridized carbons (Fsp3) is 0.615. The average molecular weight is 378 g/mol. The van der Waals surface area contributed by atoms with Crippen molar-refractivity contribution in [1.82, 2.24) is 16.0 Å². The van der Waals surface area contributed by atoms with Gasteiger partial charge in [-0.3, -0.25) is 24.0 Å². The summed E-state index contributed by atoms with van der Waals surface area (Å²) in [4.78, 5) is 56.8. The minimum Gasteiger partial charge on any atom is -0.481 e. The summed E-state index contributed by atoms with van der Waals surface area (Å²) in [5.41, 5.74) is 5.39. The molecule has 0 aliphatic carbocycles. The van der Waals surface area contributed by atoms with Crippen molar-refractivity contribution in [2.75, 3.05) is 12.3 Å². The van der Waals surface area contributed by atoms with Crippen molar-refractivity contribution >= 4 is 42.3 Å². The van der Waals surface area contributed by atoms with Crippen molar-refractivity contribution in [3.63, 3.8) is 0 Å². The van der Waals surface area contributed by atoms with Crippen LogP contribution in [0.4, 0.5) is 0 Å². The van der Waals surface area contributed by atoms with Crippen LogP contribution in [0.5, 0.6) is 0 Å². The first kappa shape index (κ1) is 22.7. The molecule has 0 saturated carbocycles. The molecule has 7 N–H and O–H groups in total. The molecule has 0 aliphatic rings. The van der Waals surface area contributed by atoms with E-state index in [4.69, 9.17) is 15.9 Å². The first-order valence-electron chi connectivity index (χ1n) is 7.27. The number of thiol groups is 1. The molecule has 0 heterocycles. The summed E-state index contributed by atoms with van der Waals surface area (Å²) >= 11 is 3.91. The van der Waals surface area contributed by atoms with E-state index in [1.165, 1.54) is 6.92 Å². The Bertz CT molecular complexity index is 527. The van der Waals surface area contributed by atoms with Gasteiger partial charge < -0.3 is 31.9 Å². The van der Waals surface area contributed by atoms with Gasteiger partial charge in [-0.25, -0.2) is 0 Å². The lowest BCUT2D eigenvalue weighted by Gasteiger charge is -2.22. The maximum absolute atomic E-state index is 12.2. The molecule has 25 heavy (non-hydrogen) atoms. The van der Waals surface area contributed by atoms with E-state index in [1.54, 1.807) is 0 Å². The van der Waals surface area contributed by atoms with Crippen LogP contribution in [-0.2, 0) is 24.0 Å². The van der Waals surface area contributed by atoms with E-state index >= 15 is 0 Å². The van der Waals surface area contributed by atoms with Gasteiger partial charge in [-0.1, -0.05) is 0 Å². The topological polar surface area (TPSA) is 188 Å². The van der Waals surface area contributed by atoms with E-state index in [0.717, 1.165) is 0 Å². The largest absolute Gasteiger partial charge is 0.481 e. The monoisotopic (exact) mass is 378 g/mol. The molecule has 0 fully saturated rings. The number of aliphatic carboxylic acids is 2. The number of carboxylic acid groups (broad SMARTS) is 2. The van der Waals surface area contributed by atoms with Gasteiger partial charge in [0.2, 0.25) is 17.7 Å². The van der Waals surface area contributed by atoms with Crippen LogP contribution in [0.25, 0.3) is 0 Å². The third-order valence-corrected chi connectivity index (χ3v) is 3.29. The second-order valence-electron chi connectivity index (χ2n) is 5.14. The Morgan fingerprint density at radius 2 is 1.52 bits per heavy atom. The van der Waals surface area contributed by atoms with Gasteiger partial charge in [0.05, 0.1) is 6.04 Å². The summed E-state index contributed by atoms with van der Waals surface area (Å²) in [5.74, 6) is -4.81. The molecule has 11 nitrogen and oxygen atoms in total. The lowest BCUT2D eigenvalue weighted by molar-refractivity contribution is -0.138. The third kappa shape index (κ3) is 9.52. The Balaban J connectivity index is 4.94. The smallest absolute Gasteiger partial charge is 0.322 e. The Kier molecular flexibility index (Phi) is 10.2. The SMILES string of the molecule is CC(N)C(=O)NC(CCC(=O)O)C(=O)NC(CS)C(=O)NCC(=O)O. The third-order valence-electron chi connectivity index (χ3n) is 2.92. The fourth-order valence-electron chi connectivity index (χ4n) is 1.59. The van der Waals surface area contributed by atoms with Crippen LogP contribution in [0.1, 0.15) is 19.8 Å². The highest BCUT2D eigenvalue weighted by Gasteiger charge is 2.27. The van der Waals surface area contributed by atoms with Crippen molar-refractivity contribution in [3.8, 4) is 0 Å². The Labute approximate surface area is 149 Å². The van der Waals surface area contributed by atoms with Crippen LogP contribution in [0.3, 0.4) is 0 Å². The summed E-state index contributed by atoms with van der Waals surface area (Å²) < 4.78 is 0. The number of carbonyl (C=O) groups excluding carboxylic acids is 3. The lowest BCUT2D eigenvalue weighted by Crippen LogP contribution is -2.56. The predicted octanol–water partition coefficient (Wildman–Crippen LogP) is -2.70.